The molecule has 0 atom stereocenters. The van der Waals surface area contributed by atoms with Crippen molar-refractivity contribution in [2.75, 3.05) is 11.4 Å². The van der Waals surface area contributed by atoms with Crippen molar-refractivity contribution in [1.29, 1.82) is 0 Å². The summed E-state index contributed by atoms with van der Waals surface area (Å²) in [7, 11) is 0. The topological polar surface area (TPSA) is 54.8 Å². The fourth-order valence-corrected chi connectivity index (χ4v) is 3.12. The lowest BCUT2D eigenvalue weighted by Gasteiger charge is -2.19. The van der Waals surface area contributed by atoms with Gasteiger partial charge in [-0.3, -0.25) is 4.98 Å². The van der Waals surface area contributed by atoms with E-state index in [-0.39, 0.29) is 0 Å². The van der Waals surface area contributed by atoms with Crippen LogP contribution in [0.1, 0.15) is 12.1 Å². The van der Waals surface area contributed by atoms with Crippen LogP contribution in [0.25, 0.3) is 17.1 Å². The van der Waals surface area contributed by atoms with E-state index >= 15 is 0 Å². The number of aromatic nitrogens is 4. The van der Waals surface area contributed by atoms with Gasteiger partial charge in [0.05, 0.1) is 17.6 Å². The predicted octanol–water partition coefficient (Wildman–Crippen LogP) is 4.50. The number of allylic oxidation sites excluding steroid dienone is 2. The summed E-state index contributed by atoms with van der Waals surface area (Å²) in [6.07, 6.45) is 14.5. The minimum absolute atomic E-state index is 0.626. The number of nitrogens with zero attached hydrogens (tertiary/aromatic N) is 5. The lowest BCUT2D eigenvalue weighted by molar-refractivity contribution is 0.937. The highest BCUT2D eigenvalue weighted by atomic mass is 79.9. The summed E-state index contributed by atoms with van der Waals surface area (Å²) in [6, 6.07) is 9.78. The fraction of sp³-hybridized carbons (Fsp3) is 0.100. The highest BCUT2D eigenvalue weighted by Crippen LogP contribution is 2.25. The van der Waals surface area contributed by atoms with Gasteiger partial charge in [-0.25, -0.2) is 15.0 Å². The second-order valence-corrected chi connectivity index (χ2v) is 6.73. The van der Waals surface area contributed by atoms with E-state index in [1.165, 1.54) is 0 Å². The van der Waals surface area contributed by atoms with E-state index < -0.39 is 0 Å². The van der Waals surface area contributed by atoms with Crippen molar-refractivity contribution < 1.29 is 0 Å². The lowest BCUT2D eigenvalue weighted by Crippen LogP contribution is -2.17. The molecule has 4 rings (SSSR count). The third-order valence-corrected chi connectivity index (χ3v) is 4.42. The molecule has 0 aliphatic carbocycles. The maximum atomic E-state index is 4.76. The second kappa shape index (κ2) is 7.58. The molecule has 128 valence electrons. The second-order valence-electron chi connectivity index (χ2n) is 5.81. The number of halogens is 1. The average Bonchev–Trinajstić information content (AvgIpc) is 2.95. The quantitative estimate of drug-likeness (QED) is 0.641. The molecule has 0 unspecified atom stereocenters. The molecule has 26 heavy (non-hydrogen) atoms. The molecule has 0 radical (unpaired) electrons. The van der Waals surface area contributed by atoms with Crippen LogP contribution in [0.5, 0.6) is 0 Å². The molecule has 3 aromatic rings. The van der Waals surface area contributed by atoms with Crippen molar-refractivity contribution in [3.05, 3.63) is 83.6 Å². The van der Waals surface area contributed by atoms with Crippen LogP contribution in [0.3, 0.4) is 0 Å². The van der Waals surface area contributed by atoms with Gasteiger partial charge in [-0.2, -0.15) is 0 Å². The van der Waals surface area contributed by atoms with Gasteiger partial charge in [0.1, 0.15) is 5.69 Å². The third kappa shape index (κ3) is 3.70. The molecule has 0 N–H and O–H groups in total. The zero-order chi connectivity index (χ0) is 17.8. The Hall–Kier alpha value is -2.86. The van der Waals surface area contributed by atoms with E-state index in [4.69, 9.17) is 4.98 Å². The Morgan fingerprint density at radius 3 is 2.69 bits per heavy atom. The minimum atomic E-state index is 0.626. The van der Waals surface area contributed by atoms with Crippen LogP contribution in [0, 0.1) is 0 Å². The monoisotopic (exact) mass is 405 g/mol. The molecule has 0 fully saturated rings. The van der Waals surface area contributed by atoms with Gasteiger partial charge in [0, 0.05) is 41.4 Å². The van der Waals surface area contributed by atoms with Crippen molar-refractivity contribution >= 4 is 27.2 Å². The van der Waals surface area contributed by atoms with Crippen LogP contribution < -0.4 is 4.90 Å². The number of hydrogen-bond acceptors (Lipinski definition) is 5. The molecule has 6 heteroatoms. The SMILES string of the molecule is Brc1cncc(N2C=C(c3cccc(-c4ncccn4)n3)C=CCC2)c1. The van der Waals surface area contributed by atoms with Gasteiger partial charge in [0.2, 0.25) is 0 Å². The van der Waals surface area contributed by atoms with E-state index in [1.54, 1.807) is 24.7 Å². The molecule has 5 nitrogen and oxygen atoms in total. The molecular weight excluding hydrogens is 390 g/mol. The van der Waals surface area contributed by atoms with E-state index in [0.717, 1.165) is 40.1 Å². The molecule has 1 aliphatic heterocycles. The highest BCUT2D eigenvalue weighted by molar-refractivity contribution is 9.10. The van der Waals surface area contributed by atoms with Crippen molar-refractivity contribution in [3.8, 4) is 11.5 Å². The first-order valence-corrected chi connectivity index (χ1v) is 9.09. The first-order valence-electron chi connectivity index (χ1n) is 8.30. The molecule has 0 spiro atoms. The Morgan fingerprint density at radius 2 is 1.85 bits per heavy atom. The summed E-state index contributed by atoms with van der Waals surface area (Å²) in [6.45, 7) is 0.889. The number of rotatable bonds is 3. The minimum Gasteiger partial charge on any atom is -0.346 e. The van der Waals surface area contributed by atoms with Crippen LogP contribution in [0.4, 0.5) is 5.69 Å². The van der Waals surface area contributed by atoms with Crippen LogP contribution >= 0.6 is 15.9 Å². The molecule has 0 bridgehead atoms. The maximum absolute atomic E-state index is 4.76. The van der Waals surface area contributed by atoms with E-state index in [9.17, 15) is 0 Å². The predicted molar refractivity (Wildman–Crippen MR) is 106 cm³/mol. The van der Waals surface area contributed by atoms with Crippen molar-refractivity contribution in [1.82, 2.24) is 19.9 Å². The first-order chi connectivity index (χ1) is 12.8. The third-order valence-electron chi connectivity index (χ3n) is 3.99. The normalized spacial score (nSPS) is 14.0. The van der Waals surface area contributed by atoms with E-state index in [1.807, 2.05) is 24.4 Å². The summed E-state index contributed by atoms with van der Waals surface area (Å²) < 4.78 is 0.962. The lowest BCUT2D eigenvalue weighted by atomic mass is 10.1. The van der Waals surface area contributed by atoms with Gasteiger partial charge in [-0.1, -0.05) is 18.2 Å². The molecule has 4 heterocycles. The van der Waals surface area contributed by atoms with E-state index in [0.29, 0.717) is 5.82 Å². The van der Waals surface area contributed by atoms with Crippen molar-refractivity contribution in [3.63, 3.8) is 0 Å². The Morgan fingerprint density at radius 1 is 1.00 bits per heavy atom. The first kappa shape index (κ1) is 16.6. The molecule has 0 saturated heterocycles. The molecule has 0 saturated carbocycles. The molecule has 0 aromatic carbocycles. The Labute approximate surface area is 160 Å². The van der Waals surface area contributed by atoms with Gasteiger partial charge in [-0.15, -0.1) is 0 Å². The largest absolute Gasteiger partial charge is 0.346 e. The molecule has 0 amide bonds. The van der Waals surface area contributed by atoms with Gasteiger partial charge in [0.15, 0.2) is 5.82 Å². The van der Waals surface area contributed by atoms with Gasteiger partial charge in [-0.05, 0) is 46.6 Å². The van der Waals surface area contributed by atoms with Crippen LogP contribution in [0.15, 0.2) is 77.9 Å². The van der Waals surface area contributed by atoms with Gasteiger partial charge >= 0.3 is 0 Å². The van der Waals surface area contributed by atoms with E-state index in [2.05, 4.69) is 60.2 Å². The smallest absolute Gasteiger partial charge is 0.178 e. The standard InChI is InChI=1S/C20H16BrN5/c21-16-11-17(13-22-12-16)26-10-2-1-5-15(14-26)18-6-3-7-19(25-18)20-23-8-4-9-24-20/h1,3-9,11-14H,2,10H2. The summed E-state index contributed by atoms with van der Waals surface area (Å²) in [5.41, 5.74) is 3.74. The number of hydrogen-bond donors (Lipinski definition) is 0. The molecule has 1 aliphatic rings. The number of pyridine rings is 2. The van der Waals surface area contributed by atoms with Crippen molar-refractivity contribution in [2.24, 2.45) is 0 Å². The fourth-order valence-electron chi connectivity index (χ4n) is 2.76. The van der Waals surface area contributed by atoms with Crippen LogP contribution in [-0.4, -0.2) is 26.5 Å². The Balaban J connectivity index is 1.71. The summed E-state index contributed by atoms with van der Waals surface area (Å²) >= 11 is 3.49. The summed E-state index contributed by atoms with van der Waals surface area (Å²) in [5.74, 6) is 0.626. The summed E-state index contributed by atoms with van der Waals surface area (Å²) in [4.78, 5) is 19.8. The molecule has 3 aromatic heterocycles. The van der Waals surface area contributed by atoms with Gasteiger partial charge < -0.3 is 4.90 Å². The Kier molecular flexibility index (Phi) is 4.84. The Bertz CT molecular complexity index is 969. The maximum Gasteiger partial charge on any atom is 0.178 e. The van der Waals surface area contributed by atoms with Gasteiger partial charge in [0.25, 0.3) is 0 Å². The highest BCUT2D eigenvalue weighted by Gasteiger charge is 2.11. The summed E-state index contributed by atoms with van der Waals surface area (Å²) in [5, 5.41) is 0. The zero-order valence-corrected chi connectivity index (χ0v) is 15.5. The van der Waals surface area contributed by atoms with Crippen molar-refractivity contribution in [2.45, 2.75) is 6.42 Å². The average molecular weight is 406 g/mol. The molecular formula is C20H16BrN5. The zero-order valence-electron chi connectivity index (χ0n) is 14.0. The van der Waals surface area contributed by atoms with Crippen LogP contribution in [-0.2, 0) is 0 Å². The number of anilines is 1. The van der Waals surface area contributed by atoms with Crippen LogP contribution in [0.2, 0.25) is 0 Å².